The van der Waals surface area contributed by atoms with Crippen LogP contribution in [-0.2, 0) is 15.8 Å². The zero-order chi connectivity index (χ0) is 29.0. The number of H-pyrrole nitrogens is 1. The molecule has 0 spiro atoms. The molecule has 2 aromatic carbocycles. The number of rotatable bonds is 6. The number of nitrogens with zero attached hydrogens (tertiary/aromatic N) is 1. The molecular formula is C27H21F5N4O4. The van der Waals surface area contributed by atoms with Gasteiger partial charge in [0.25, 0.3) is 5.91 Å². The molecule has 1 aliphatic heterocycles. The molecule has 0 fully saturated rings. The van der Waals surface area contributed by atoms with Crippen molar-refractivity contribution in [3.05, 3.63) is 83.2 Å². The van der Waals surface area contributed by atoms with Crippen LogP contribution in [0.5, 0.6) is 5.75 Å². The highest BCUT2D eigenvalue weighted by Gasteiger charge is 2.57. The van der Waals surface area contributed by atoms with Crippen molar-refractivity contribution in [2.24, 2.45) is 5.73 Å². The van der Waals surface area contributed by atoms with Gasteiger partial charge in [-0.1, -0.05) is 0 Å². The molecule has 1 unspecified atom stereocenters. The van der Waals surface area contributed by atoms with E-state index in [-0.39, 0.29) is 29.2 Å². The summed E-state index contributed by atoms with van der Waals surface area (Å²) in [7, 11) is 0. The molecule has 2 aromatic heterocycles. The predicted octanol–water partition coefficient (Wildman–Crippen LogP) is 3.82. The minimum Gasteiger partial charge on any atom is -0.489 e. The maximum Gasteiger partial charge on any atom is 0.424 e. The van der Waals surface area contributed by atoms with Crippen molar-refractivity contribution in [1.82, 2.24) is 15.3 Å². The number of carbonyl (C=O) groups excluding carboxylic acids is 2. The highest BCUT2D eigenvalue weighted by molar-refractivity contribution is 5.98. The van der Waals surface area contributed by atoms with E-state index in [1.54, 1.807) is 6.07 Å². The van der Waals surface area contributed by atoms with E-state index in [0.29, 0.717) is 10.9 Å². The van der Waals surface area contributed by atoms with Crippen LogP contribution in [0, 0.1) is 11.6 Å². The largest absolute Gasteiger partial charge is 0.489 e. The number of aliphatic hydroxyl groups is 1. The standard InChI is InChI=1S/C27H21F5N4O4/c1-25(24(33)38)12-40-22-17(25)10-20(36-21(22)13-2-4-15(28)5-3-13)26(39,27(30,31)32)11-35-23(37)16-9-19-14(6-7-34-19)8-18(16)29/h2-10,34,39H,11-12H2,1H3,(H2,33,38)(H,35,37)/t25-,26?/m0/s1. The molecule has 40 heavy (non-hydrogen) atoms. The zero-order valence-corrected chi connectivity index (χ0v) is 20.7. The number of amides is 2. The molecule has 2 amide bonds. The van der Waals surface area contributed by atoms with Gasteiger partial charge in [0, 0.05) is 28.2 Å². The first kappa shape index (κ1) is 27.1. The predicted molar refractivity (Wildman–Crippen MR) is 132 cm³/mol. The molecule has 0 radical (unpaired) electrons. The molecule has 8 nitrogen and oxygen atoms in total. The molecule has 5 rings (SSSR count). The number of aromatic amines is 1. The molecule has 1 aliphatic rings. The Morgan fingerprint density at radius 3 is 2.50 bits per heavy atom. The van der Waals surface area contributed by atoms with Crippen LogP contribution >= 0.6 is 0 Å². The van der Waals surface area contributed by atoms with Crippen molar-refractivity contribution >= 4 is 22.7 Å². The molecule has 208 valence electrons. The van der Waals surface area contributed by atoms with E-state index in [1.165, 1.54) is 25.3 Å². The molecule has 5 N–H and O–H groups in total. The molecule has 0 saturated carbocycles. The van der Waals surface area contributed by atoms with Crippen molar-refractivity contribution in [1.29, 1.82) is 0 Å². The van der Waals surface area contributed by atoms with E-state index in [4.69, 9.17) is 10.5 Å². The molecule has 0 saturated heterocycles. The lowest BCUT2D eigenvalue weighted by Gasteiger charge is -2.31. The van der Waals surface area contributed by atoms with E-state index < -0.39 is 58.4 Å². The van der Waals surface area contributed by atoms with Gasteiger partial charge in [-0.2, -0.15) is 13.2 Å². The SMILES string of the molecule is C[C@]1(C(N)=O)COc2c1cc(C(O)(CNC(=O)c1cc3[nH]ccc3cc1F)C(F)(F)F)nc2-c1ccc(F)cc1. The first-order valence-electron chi connectivity index (χ1n) is 11.8. The van der Waals surface area contributed by atoms with Crippen LogP contribution in [-0.4, -0.2) is 46.2 Å². The summed E-state index contributed by atoms with van der Waals surface area (Å²) in [6.07, 6.45) is -3.91. The van der Waals surface area contributed by atoms with Gasteiger partial charge in [-0.05, 0) is 55.5 Å². The Morgan fingerprint density at radius 2 is 1.85 bits per heavy atom. The topological polar surface area (TPSA) is 130 Å². The Hall–Kier alpha value is -4.52. The summed E-state index contributed by atoms with van der Waals surface area (Å²) in [6, 6.07) is 9.11. The van der Waals surface area contributed by atoms with Crippen LogP contribution in [0.15, 0.2) is 54.7 Å². The lowest BCUT2D eigenvalue weighted by molar-refractivity contribution is -0.265. The van der Waals surface area contributed by atoms with E-state index in [9.17, 15) is 36.6 Å². The lowest BCUT2D eigenvalue weighted by Crippen LogP contribution is -2.52. The smallest absolute Gasteiger partial charge is 0.424 e. The number of halogens is 5. The van der Waals surface area contributed by atoms with Gasteiger partial charge in [0.2, 0.25) is 11.5 Å². The average Bonchev–Trinajstić information content (AvgIpc) is 3.50. The summed E-state index contributed by atoms with van der Waals surface area (Å²) in [5, 5.41) is 13.4. The van der Waals surface area contributed by atoms with Gasteiger partial charge < -0.3 is 25.9 Å². The number of aromatic nitrogens is 2. The summed E-state index contributed by atoms with van der Waals surface area (Å²) in [5.74, 6) is -3.80. The number of primary amides is 1. The molecule has 3 heterocycles. The molecule has 2 atom stereocenters. The van der Waals surface area contributed by atoms with E-state index in [1.807, 2.05) is 5.32 Å². The van der Waals surface area contributed by atoms with Gasteiger partial charge in [-0.15, -0.1) is 0 Å². The van der Waals surface area contributed by atoms with Crippen LogP contribution in [0.4, 0.5) is 22.0 Å². The summed E-state index contributed by atoms with van der Waals surface area (Å²) >= 11 is 0. The van der Waals surface area contributed by atoms with Crippen molar-refractivity contribution < 1.29 is 41.4 Å². The Kier molecular flexibility index (Phi) is 6.29. The number of benzene rings is 2. The van der Waals surface area contributed by atoms with Crippen molar-refractivity contribution in [3.63, 3.8) is 0 Å². The number of pyridine rings is 1. The number of hydrogen-bond donors (Lipinski definition) is 4. The summed E-state index contributed by atoms with van der Waals surface area (Å²) < 4.78 is 77.2. The second-order valence-electron chi connectivity index (χ2n) is 9.66. The Labute approximate surface area is 223 Å². The van der Waals surface area contributed by atoms with Gasteiger partial charge in [0.15, 0.2) is 0 Å². The van der Waals surface area contributed by atoms with Crippen LogP contribution < -0.4 is 15.8 Å². The monoisotopic (exact) mass is 560 g/mol. The van der Waals surface area contributed by atoms with Crippen LogP contribution in [0.1, 0.15) is 28.5 Å². The maximum absolute atomic E-state index is 14.5. The van der Waals surface area contributed by atoms with Crippen molar-refractivity contribution in [3.8, 4) is 17.0 Å². The van der Waals surface area contributed by atoms with E-state index in [2.05, 4.69) is 9.97 Å². The summed E-state index contributed by atoms with van der Waals surface area (Å²) in [6.45, 7) is -0.424. The van der Waals surface area contributed by atoms with E-state index >= 15 is 0 Å². The second kappa shape index (κ2) is 9.30. The number of hydrogen-bond acceptors (Lipinski definition) is 5. The third-order valence-corrected chi connectivity index (χ3v) is 7.02. The van der Waals surface area contributed by atoms with Gasteiger partial charge in [0.05, 0.1) is 17.8 Å². The molecule has 13 heteroatoms. The molecule has 0 bridgehead atoms. The van der Waals surface area contributed by atoms with Gasteiger partial charge in [-0.3, -0.25) is 9.59 Å². The summed E-state index contributed by atoms with van der Waals surface area (Å²) in [4.78, 5) is 31.8. The quantitative estimate of drug-likeness (QED) is 0.267. The molecule has 0 aliphatic carbocycles. The second-order valence-corrected chi connectivity index (χ2v) is 9.66. The fourth-order valence-electron chi connectivity index (χ4n) is 4.49. The Balaban J connectivity index is 1.60. The third kappa shape index (κ3) is 4.31. The van der Waals surface area contributed by atoms with Crippen molar-refractivity contribution in [2.75, 3.05) is 13.2 Å². The zero-order valence-electron chi connectivity index (χ0n) is 20.7. The number of alkyl halides is 3. The normalized spacial score (nSPS) is 18.2. The number of fused-ring (bicyclic) bond motifs is 2. The minimum absolute atomic E-state index is 0.0634. The number of nitrogens with two attached hydrogens (primary N) is 1. The first-order valence-corrected chi connectivity index (χ1v) is 11.8. The van der Waals surface area contributed by atoms with Gasteiger partial charge in [0.1, 0.15) is 35.1 Å². The van der Waals surface area contributed by atoms with Gasteiger partial charge in [-0.25, -0.2) is 13.8 Å². The van der Waals surface area contributed by atoms with Gasteiger partial charge >= 0.3 is 6.18 Å². The lowest BCUT2D eigenvalue weighted by atomic mass is 9.81. The maximum atomic E-state index is 14.5. The molecular weight excluding hydrogens is 539 g/mol. The minimum atomic E-state index is -5.41. The number of ether oxygens (including phenoxy) is 1. The number of nitrogens with one attached hydrogen (secondary N) is 2. The Morgan fingerprint density at radius 1 is 1.15 bits per heavy atom. The number of carbonyl (C=O) groups is 2. The fraction of sp³-hybridized carbons (Fsp3) is 0.222. The molecule has 4 aromatic rings. The van der Waals surface area contributed by atoms with Crippen LogP contribution in [0.2, 0.25) is 0 Å². The third-order valence-electron chi connectivity index (χ3n) is 7.02. The van der Waals surface area contributed by atoms with Crippen molar-refractivity contribution in [2.45, 2.75) is 24.1 Å². The average molecular weight is 560 g/mol. The highest BCUT2D eigenvalue weighted by Crippen LogP contribution is 2.47. The summed E-state index contributed by atoms with van der Waals surface area (Å²) in [5.41, 5.74) is -1.20. The fourth-order valence-corrected chi connectivity index (χ4v) is 4.49. The highest BCUT2D eigenvalue weighted by atomic mass is 19.4. The van der Waals surface area contributed by atoms with E-state index in [0.717, 1.165) is 30.3 Å². The first-order chi connectivity index (χ1) is 18.7. The van der Waals surface area contributed by atoms with Crippen LogP contribution in [0.3, 0.4) is 0 Å². The Bertz CT molecular complexity index is 1650. The van der Waals surface area contributed by atoms with Crippen LogP contribution in [0.25, 0.3) is 22.2 Å².